The predicted octanol–water partition coefficient (Wildman–Crippen LogP) is 3.26. The fraction of sp³-hybridized carbons (Fsp3) is 0.455. The molecule has 0 aliphatic carbocycles. The Kier molecular flexibility index (Phi) is 4.42. The SMILES string of the molecule is CCOc1ccc(Br)cc1[C@@H](N)CC. The molecule has 0 radical (unpaired) electrons. The largest absolute Gasteiger partial charge is 0.494 e. The standard InChI is InChI=1S/C11H16BrNO/c1-3-10(13)9-7-8(12)5-6-11(9)14-4-2/h5-7,10H,3-4,13H2,1-2H3/t10-/m0/s1. The van der Waals surface area contributed by atoms with Crippen LogP contribution in [0, 0.1) is 0 Å². The van der Waals surface area contributed by atoms with Gasteiger partial charge in [-0.15, -0.1) is 0 Å². The minimum Gasteiger partial charge on any atom is -0.494 e. The zero-order valence-corrected chi connectivity index (χ0v) is 10.2. The van der Waals surface area contributed by atoms with Crippen molar-refractivity contribution in [1.29, 1.82) is 0 Å². The van der Waals surface area contributed by atoms with Gasteiger partial charge in [-0.3, -0.25) is 0 Å². The van der Waals surface area contributed by atoms with Gasteiger partial charge in [0, 0.05) is 16.1 Å². The van der Waals surface area contributed by atoms with E-state index in [0.29, 0.717) is 6.61 Å². The van der Waals surface area contributed by atoms with Crippen LogP contribution < -0.4 is 10.5 Å². The minimum atomic E-state index is 0.0500. The van der Waals surface area contributed by atoms with E-state index in [4.69, 9.17) is 10.5 Å². The van der Waals surface area contributed by atoms with Crippen LogP contribution in [-0.2, 0) is 0 Å². The first kappa shape index (κ1) is 11.5. The molecule has 0 fully saturated rings. The molecular weight excluding hydrogens is 242 g/mol. The molecule has 0 saturated carbocycles. The number of nitrogens with two attached hydrogens (primary N) is 1. The van der Waals surface area contributed by atoms with Gasteiger partial charge >= 0.3 is 0 Å². The van der Waals surface area contributed by atoms with Gasteiger partial charge in [0.1, 0.15) is 5.75 Å². The lowest BCUT2D eigenvalue weighted by Gasteiger charge is -2.15. The summed E-state index contributed by atoms with van der Waals surface area (Å²) in [5.41, 5.74) is 7.07. The molecule has 2 N–H and O–H groups in total. The smallest absolute Gasteiger partial charge is 0.124 e. The Morgan fingerprint density at radius 3 is 2.71 bits per heavy atom. The van der Waals surface area contributed by atoms with Crippen molar-refractivity contribution in [2.75, 3.05) is 6.61 Å². The topological polar surface area (TPSA) is 35.2 Å². The first-order valence-corrected chi connectivity index (χ1v) is 5.66. The van der Waals surface area contributed by atoms with Crippen LogP contribution in [0.1, 0.15) is 31.9 Å². The number of rotatable bonds is 4. The second kappa shape index (κ2) is 5.37. The highest BCUT2D eigenvalue weighted by Crippen LogP contribution is 2.28. The van der Waals surface area contributed by atoms with E-state index in [9.17, 15) is 0 Å². The Balaban J connectivity index is 3.02. The van der Waals surface area contributed by atoms with Crippen molar-refractivity contribution >= 4 is 15.9 Å². The summed E-state index contributed by atoms with van der Waals surface area (Å²) in [6.45, 7) is 4.72. The molecule has 2 nitrogen and oxygen atoms in total. The van der Waals surface area contributed by atoms with Crippen molar-refractivity contribution in [3.63, 3.8) is 0 Å². The van der Waals surface area contributed by atoms with E-state index in [0.717, 1.165) is 22.2 Å². The maximum absolute atomic E-state index is 5.99. The molecule has 0 bridgehead atoms. The maximum Gasteiger partial charge on any atom is 0.124 e. The Labute approximate surface area is 93.6 Å². The zero-order valence-electron chi connectivity index (χ0n) is 8.59. The van der Waals surface area contributed by atoms with E-state index in [1.54, 1.807) is 0 Å². The fourth-order valence-electron chi connectivity index (χ4n) is 1.32. The molecule has 0 saturated heterocycles. The molecule has 1 aromatic rings. The molecule has 0 aliphatic heterocycles. The van der Waals surface area contributed by atoms with Crippen molar-refractivity contribution in [3.05, 3.63) is 28.2 Å². The normalized spacial score (nSPS) is 12.6. The summed E-state index contributed by atoms with van der Waals surface area (Å²) < 4.78 is 6.56. The molecule has 0 spiro atoms. The van der Waals surface area contributed by atoms with E-state index in [1.165, 1.54) is 0 Å². The Morgan fingerprint density at radius 2 is 2.14 bits per heavy atom. The summed E-state index contributed by atoms with van der Waals surface area (Å²) in [6.07, 6.45) is 0.913. The van der Waals surface area contributed by atoms with Crippen LogP contribution in [0.5, 0.6) is 5.75 Å². The summed E-state index contributed by atoms with van der Waals surface area (Å²) in [5, 5.41) is 0. The third kappa shape index (κ3) is 2.72. The van der Waals surface area contributed by atoms with Crippen LogP contribution in [0.15, 0.2) is 22.7 Å². The van der Waals surface area contributed by atoms with Gasteiger partial charge in [-0.25, -0.2) is 0 Å². The molecule has 0 unspecified atom stereocenters. The molecule has 78 valence electrons. The molecule has 3 heteroatoms. The van der Waals surface area contributed by atoms with Gasteiger partial charge in [-0.05, 0) is 31.5 Å². The van der Waals surface area contributed by atoms with Crippen molar-refractivity contribution in [2.24, 2.45) is 5.73 Å². The first-order valence-electron chi connectivity index (χ1n) is 4.86. The highest BCUT2D eigenvalue weighted by atomic mass is 79.9. The van der Waals surface area contributed by atoms with Gasteiger partial charge in [0.05, 0.1) is 6.61 Å². The number of benzene rings is 1. The maximum atomic E-state index is 5.99. The molecule has 0 amide bonds. The van der Waals surface area contributed by atoms with Crippen LogP contribution in [0.4, 0.5) is 0 Å². The summed E-state index contributed by atoms with van der Waals surface area (Å²) in [7, 11) is 0. The van der Waals surface area contributed by atoms with Crippen molar-refractivity contribution in [3.8, 4) is 5.75 Å². The molecular formula is C11H16BrNO. The van der Waals surface area contributed by atoms with Crippen molar-refractivity contribution in [2.45, 2.75) is 26.3 Å². The van der Waals surface area contributed by atoms with Crippen LogP contribution in [0.2, 0.25) is 0 Å². The van der Waals surface area contributed by atoms with Crippen LogP contribution >= 0.6 is 15.9 Å². The van der Waals surface area contributed by atoms with Gasteiger partial charge < -0.3 is 10.5 Å². The second-order valence-corrected chi connectivity index (χ2v) is 4.05. The molecule has 1 aromatic carbocycles. The quantitative estimate of drug-likeness (QED) is 0.899. The van der Waals surface area contributed by atoms with E-state index in [1.807, 2.05) is 25.1 Å². The van der Waals surface area contributed by atoms with Crippen molar-refractivity contribution in [1.82, 2.24) is 0 Å². The molecule has 14 heavy (non-hydrogen) atoms. The molecule has 0 heterocycles. The predicted molar refractivity (Wildman–Crippen MR) is 62.5 cm³/mol. The van der Waals surface area contributed by atoms with Gasteiger partial charge in [-0.1, -0.05) is 22.9 Å². The Hall–Kier alpha value is -0.540. The Bertz CT molecular complexity index is 301. The van der Waals surface area contributed by atoms with Crippen LogP contribution in [0.25, 0.3) is 0 Å². The number of halogens is 1. The van der Waals surface area contributed by atoms with E-state index < -0.39 is 0 Å². The number of hydrogen-bond acceptors (Lipinski definition) is 2. The zero-order chi connectivity index (χ0) is 10.6. The number of hydrogen-bond donors (Lipinski definition) is 1. The van der Waals surface area contributed by atoms with Crippen molar-refractivity contribution < 1.29 is 4.74 Å². The Morgan fingerprint density at radius 1 is 1.43 bits per heavy atom. The van der Waals surface area contributed by atoms with E-state index in [-0.39, 0.29) is 6.04 Å². The second-order valence-electron chi connectivity index (χ2n) is 3.13. The van der Waals surface area contributed by atoms with E-state index >= 15 is 0 Å². The van der Waals surface area contributed by atoms with Gasteiger partial charge in [0.15, 0.2) is 0 Å². The highest BCUT2D eigenvalue weighted by Gasteiger charge is 2.10. The lowest BCUT2D eigenvalue weighted by atomic mass is 10.0. The van der Waals surface area contributed by atoms with E-state index in [2.05, 4.69) is 22.9 Å². The third-order valence-corrected chi connectivity index (χ3v) is 2.60. The first-order chi connectivity index (χ1) is 6.69. The third-order valence-electron chi connectivity index (χ3n) is 2.11. The van der Waals surface area contributed by atoms with Crippen LogP contribution in [0.3, 0.4) is 0 Å². The van der Waals surface area contributed by atoms with Gasteiger partial charge in [0.25, 0.3) is 0 Å². The lowest BCUT2D eigenvalue weighted by Crippen LogP contribution is -2.10. The summed E-state index contributed by atoms with van der Waals surface area (Å²) >= 11 is 3.43. The van der Waals surface area contributed by atoms with Gasteiger partial charge in [0.2, 0.25) is 0 Å². The average molecular weight is 258 g/mol. The van der Waals surface area contributed by atoms with Crippen LogP contribution in [-0.4, -0.2) is 6.61 Å². The fourth-order valence-corrected chi connectivity index (χ4v) is 1.69. The molecule has 0 aliphatic rings. The molecule has 1 atom stereocenters. The molecule has 0 aromatic heterocycles. The summed E-state index contributed by atoms with van der Waals surface area (Å²) in [5.74, 6) is 0.894. The summed E-state index contributed by atoms with van der Waals surface area (Å²) in [4.78, 5) is 0. The van der Waals surface area contributed by atoms with Gasteiger partial charge in [-0.2, -0.15) is 0 Å². The summed E-state index contributed by atoms with van der Waals surface area (Å²) in [6, 6.07) is 6.00. The molecule has 1 rings (SSSR count). The average Bonchev–Trinajstić information content (AvgIpc) is 2.20. The monoisotopic (exact) mass is 257 g/mol. The lowest BCUT2D eigenvalue weighted by molar-refractivity contribution is 0.333. The minimum absolute atomic E-state index is 0.0500. The number of ether oxygens (including phenoxy) is 1. The highest BCUT2D eigenvalue weighted by molar-refractivity contribution is 9.10.